The molecule has 3 N–H and O–H groups in total. The van der Waals surface area contributed by atoms with E-state index in [1.807, 2.05) is 55.5 Å². The summed E-state index contributed by atoms with van der Waals surface area (Å²) in [5, 5.41) is 20.3. The second-order valence-corrected chi connectivity index (χ2v) is 8.22. The van der Waals surface area contributed by atoms with E-state index in [0.717, 1.165) is 25.9 Å². The van der Waals surface area contributed by atoms with Gasteiger partial charge in [-0.2, -0.15) is 5.26 Å². The van der Waals surface area contributed by atoms with Gasteiger partial charge in [-0.05, 0) is 64.9 Å². The lowest BCUT2D eigenvalue weighted by Crippen LogP contribution is -2.21. The third-order valence-electron chi connectivity index (χ3n) is 5.00. The Bertz CT molecular complexity index is 1240. The number of fused-ring (bicyclic) bond motifs is 1. The smallest absolute Gasteiger partial charge is 0.205 e. The lowest BCUT2D eigenvalue weighted by atomic mass is 9.83. The highest BCUT2D eigenvalue weighted by atomic mass is 127. The van der Waals surface area contributed by atoms with Crippen molar-refractivity contribution in [2.45, 2.75) is 12.8 Å². The number of allylic oxidation sites excluding steroid dienone is 1. The van der Waals surface area contributed by atoms with Gasteiger partial charge in [-0.15, -0.1) is 0 Å². The Hall–Kier alpha value is -3.31. The third-order valence-corrected chi connectivity index (χ3v) is 5.68. The monoisotopic (exact) mass is 507 g/mol. The Morgan fingerprint density at radius 3 is 2.70 bits per heavy atom. The average Bonchev–Trinajstić information content (AvgIpc) is 2.72. The number of benzene rings is 3. The Morgan fingerprint density at radius 1 is 1.17 bits per heavy atom. The number of halogens is 1. The normalized spacial score (nSPS) is 15.6. The van der Waals surface area contributed by atoms with Gasteiger partial charge >= 0.3 is 0 Å². The predicted octanol–water partition coefficient (Wildman–Crippen LogP) is 5.27. The number of aliphatic imine (C=N–C) groups is 1. The highest BCUT2D eigenvalue weighted by molar-refractivity contribution is 14.1. The van der Waals surface area contributed by atoms with E-state index in [0.29, 0.717) is 16.9 Å². The van der Waals surface area contributed by atoms with Gasteiger partial charge in [0.25, 0.3) is 0 Å². The van der Waals surface area contributed by atoms with Gasteiger partial charge in [0.05, 0.1) is 11.6 Å². The number of hydrogen-bond acceptors (Lipinski definition) is 5. The number of phenols is 1. The molecule has 5 nitrogen and oxygen atoms in total. The molecule has 6 heteroatoms. The highest BCUT2D eigenvalue weighted by Gasteiger charge is 2.31. The van der Waals surface area contributed by atoms with Gasteiger partial charge in [0.1, 0.15) is 23.1 Å². The summed E-state index contributed by atoms with van der Waals surface area (Å²) in [7, 11) is 0. The van der Waals surface area contributed by atoms with Crippen molar-refractivity contribution in [3.05, 3.63) is 97.9 Å². The van der Waals surface area contributed by atoms with Crippen molar-refractivity contribution < 1.29 is 9.84 Å². The first-order chi connectivity index (χ1) is 14.5. The van der Waals surface area contributed by atoms with Crippen LogP contribution in [-0.4, -0.2) is 11.3 Å². The first-order valence-electron chi connectivity index (χ1n) is 9.27. The predicted molar refractivity (Wildman–Crippen MR) is 125 cm³/mol. The molecule has 0 saturated heterocycles. The van der Waals surface area contributed by atoms with Gasteiger partial charge in [0.2, 0.25) is 5.88 Å². The van der Waals surface area contributed by atoms with Crippen molar-refractivity contribution in [1.29, 1.82) is 5.26 Å². The van der Waals surface area contributed by atoms with E-state index in [2.05, 4.69) is 33.7 Å². The largest absolute Gasteiger partial charge is 0.507 e. The van der Waals surface area contributed by atoms with E-state index < -0.39 is 0 Å². The second-order valence-electron chi connectivity index (χ2n) is 6.97. The SMILES string of the molecule is Cc1ccccc1N=Cc1cc2c(cc1O)OC(N)=C(C#N)[C@H]2c1cccc(I)c1. The molecular formula is C24H18IN3O2. The molecule has 0 spiro atoms. The molecular weight excluding hydrogens is 489 g/mol. The summed E-state index contributed by atoms with van der Waals surface area (Å²) in [6, 6.07) is 21.2. The maximum absolute atomic E-state index is 10.5. The van der Waals surface area contributed by atoms with Crippen molar-refractivity contribution in [2.24, 2.45) is 10.7 Å². The molecule has 0 aliphatic carbocycles. The Morgan fingerprint density at radius 2 is 1.97 bits per heavy atom. The number of aromatic hydroxyl groups is 1. The van der Waals surface area contributed by atoms with Crippen molar-refractivity contribution in [2.75, 3.05) is 0 Å². The van der Waals surface area contributed by atoms with Crippen molar-refractivity contribution >= 4 is 34.5 Å². The van der Waals surface area contributed by atoms with Crippen LogP contribution in [0, 0.1) is 21.8 Å². The number of rotatable bonds is 3. The van der Waals surface area contributed by atoms with E-state index in [1.165, 1.54) is 6.07 Å². The van der Waals surface area contributed by atoms with Crippen LogP contribution in [0.4, 0.5) is 5.69 Å². The molecule has 0 fully saturated rings. The summed E-state index contributed by atoms with van der Waals surface area (Å²) in [4.78, 5) is 4.52. The van der Waals surface area contributed by atoms with Crippen LogP contribution in [0.15, 0.2) is 77.1 Å². The van der Waals surface area contributed by atoms with Gasteiger partial charge in [0, 0.05) is 27.0 Å². The fourth-order valence-electron chi connectivity index (χ4n) is 3.49. The van der Waals surface area contributed by atoms with Gasteiger partial charge in [-0.1, -0.05) is 30.3 Å². The van der Waals surface area contributed by atoms with E-state index >= 15 is 0 Å². The van der Waals surface area contributed by atoms with E-state index in [-0.39, 0.29) is 17.6 Å². The molecule has 0 unspecified atom stereocenters. The van der Waals surface area contributed by atoms with Gasteiger partial charge < -0.3 is 15.6 Å². The molecule has 0 amide bonds. The number of nitrogens with two attached hydrogens (primary N) is 1. The van der Waals surface area contributed by atoms with E-state index in [1.54, 1.807) is 12.3 Å². The number of hydrogen-bond donors (Lipinski definition) is 2. The standard InChI is InChI=1S/C24H18IN3O2/c1-14-5-2-3-8-20(14)28-13-16-10-18-22(11-21(16)29)30-24(27)19(12-26)23(18)15-6-4-7-17(25)9-15/h2-11,13,23,29H,27H2,1H3/t23-/m0/s1. The van der Waals surface area contributed by atoms with Crippen LogP contribution < -0.4 is 10.5 Å². The van der Waals surface area contributed by atoms with Crippen LogP contribution in [-0.2, 0) is 0 Å². The summed E-state index contributed by atoms with van der Waals surface area (Å²) >= 11 is 2.24. The number of aryl methyl sites for hydroxylation is 1. The summed E-state index contributed by atoms with van der Waals surface area (Å²) in [6.45, 7) is 1.98. The highest BCUT2D eigenvalue weighted by Crippen LogP contribution is 2.44. The first-order valence-corrected chi connectivity index (χ1v) is 10.4. The quantitative estimate of drug-likeness (QED) is 0.373. The average molecular weight is 507 g/mol. The number of nitrogens with zero attached hydrogens (tertiary/aromatic N) is 2. The van der Waals surface area contributed by atoms with Gasteiger partial charge in [-0.3, -0.25) is 4.99 Å². The molecule has 3 aromatic rings. The maximum atomic E-state index is 10.5. The summed E-state index contributed by atoms with van der Waals surface area (Å²) in [5.74, 6) is 0.121. The Labute approximate surface area is 188 Å². The molecule has 0 bridgehead atoms. The fourth-order valence-corrected chi connectivity index (χ4v) is 4.06. The Kier molecular flexibility index (Phi) is 5.46. The minimum absolute atomic E-state index is 0.0284. The zero-order valence-electron chi connectivity index (χ0n) is 16.1. The zero-order chi connectivity index (χ0) is 21.3. The molecule has 1 aliphatic heterocycles. The van der Waals surface area contributed by atoms with Crippen molar-refractivity contribution in [3.63, 3.8) is 0 Å². The molecule has 0 saturated carbocycles. The molecule has 1 heterocycles. The molecule has 0 radical (unpaired) electrons. The molecule has 3 aromatic carbocycles. The fraction of sp³-hybridized carbons (Fsp3) is 0.0833. The minimum atomic E-state index is -0.389. The van der Waals surface area contributed by atoms with Crippen LogP contribution in [0.25, 0.3) is 0 Å². The van der Waals surface area contributed by atoms with Crippen molar-refractivity contribution in [3.8, 4) is 17.6 Å². The number of phenolic OH excluding ortho intramolecular Hbond substituents is 1. The molecule has 4 rings (SSSR count). The zero-order valence-corrected chi connectivity index (χ0v) is 18.3. The van der Waals surface area contributed by atoms with Crippen LogP contribution in [0.5, 0.6) is 11.5 Å². The first kappa shape index (κ1) is 20.0. The summed E-state index contributed by atoms with van der Waals surface area (Å²) in [6.07, 6.45) is 1.62. The summed E-state index contributed by atoms with van der Waals surface area (Å²) < 4.78 is 6.71. The van der Waals surface area contributed by atoms with Gasteiger partial charge in [-0.25, -0.2) is 0 Å². The topological polar surface area (TPSA) is 91.6 Å². The lowest BCUT2D eigenvalue weighted by molar-refractivity contribution is 0.388. The second kappa shape index (κ2) is 8.20. The van der Waals surface area contributed by atoms with E-state index in [9.17, 15) is 10.4 Å². The lowest BCUT2D eigenvalue weighted by Gasteiger charge is -2.27. The van der Waals surface area contributed by atoms with Gasteiger partial charge in [0.15, 0.2) is 0 Å². The molecule has 0 aromatic heterocycles. The minimum Gasteiger partial charge on any atom is -0.507 e. The molecule has 148 valence electrons. The van der Waals surface area contributed by atoms with Crippen LogP contribution >= 0.6 is 22.6 Å². The number of ether oxygens (including phenoxy) is 1. The van der Waals surface area contributed by atoms with Crippen LogP contribution in [0.2, 0.25) is 0 Å². The molecule has 30 heavy (non-hydrogen) atoms. The van der Waals surface area contributed by atoms with Crippen LogP contribution in [0.1, 0.15) is 28.2 Å². The van der Waals surface area contributed by atoms with E-state index in [4.69, 9.17) is 10.5 Å². The number of nitriles is 1. The maximum Gasteiger partial charge on any atom is 0.205 e. The third kappa shape index (κ3) is 3.76. The Balaban J connectivity index is 1.84. The number of para-hydroxylation sites is 1. The summed E-state index contributed by atoms with van der Waals surface area (Å²) in [5.41, 5.74) is 10.5. The van der Waals surface area contributed by atoms with Crippen LogP contribution in [0.3, 0.4) is 0 Å². The molecule has 1 atom stereocenters. The molecule has 1 aliphatic rings. The van der Waals surface area contributed by atoms with Crippen molar-refractivity contribution in [1.82, 2.24) is 0 Å².